The Kier molecular flexibility index (Phi) is 2.10. The van der Waals surface area contributed by atoms with Gasteiger partial charge < -0.3 is 10.3 Å². The predicted molar refractivity (Wildman–Crippen MR) is 51.0 cm³/mol. The van der Waals surface area contributed by atoms with Gasteiger partial charge in [-0.25, -0.2) is 4.39 Å². The van der Waals surface area contributed by atoms with Crippen molar-refractivity contribution in [3.8, 4) is 17.4 Å². The summed E-state index contributed by atoms with van der Waals surface area (Å²) in [4.78, 5) is 0. The summed E-state index contributed by atoms with van der Waals surface area (Å²) in [5.41, 5.74) is 6.40. The summed E-state index contributed by atoms with van der Waals surface area (Å²) in [6.07, 6.45) is 1.35. The first-order valence-electron chi connectivity index (χ1n) is 4.12. The third-order valence-electron chi connectivity index (χ3n) is 1.95. The number of hydrogen-bond donors (Lipinski definition) is 1. The topological polar surface area (TPSA) is 75.8 Å². The Balaban J connectivity index is 2.57. The minimum atomic E-state index is -0.570. The van der Waals surface area contributed by atoms with Crippen LogP contribution in [0.1, 0.15) is 5.56 Å². The van der Waals surface area contributed by atoms with Crippen molar-refractivity contribution in [2.75, 3.05) is 5.73 Å². The van der Waals surface area contributed by atoms with Crippen molar-refractivity contribution in [1.82, 2.24) is 5.16 Å². The van der Waals surface area contributed by atoms with Crippen molar-refractivity contribution in [1.29, 1.82) is 5.26 Å². The lowest BCUT2D eigenvalue weighted by molar-refractivity contribution is 0.432. The van der Waals surface area contributed by atoms with Gasteiger partial charge in [0.1, 0.15) is 17.6 Å². The van der Waals surface area contributed by atoms with Crippen molar-refractivity contribution < 1.29 is 8.91 Å². The first kappa shape index (κ1) is 9.21. The smallest absolute Gasteiger partial charge is 0.189 e. The molecule has 2 N–H and O–H groups in total. The zero-order valence-corrected chi connectivity index (χ0v) is 7.57. The fourth-order valence-corrected chi connectivity index (χ4v) is 1.22. The molecular weight excluding hydrogens is 197 g/mol. The van der Waals surface area contributed by atoms with Crippen LogP contribution in [0.25, 0.3) is 11.3 Å². The molecule has 0 bridgehead atoms. The minimum Gasteiger partial charge on any atom is -0.394 e. The molecule has 1 aromatic heterocycles. The fourth-order valence-electron chi connectivity index (χ4n) is 1.22. The molecule has 1 aromatic carbocycles. The van der Waals surface area contributed by atoms with Crippen LogP contribution in [0.15, 0.2) is 28.9 Å². The van der Waals surface area contributed by atoms with E-state index < -0.39 is 5.82 Å². The lowest BCUT2D eigenvalue weighted by atomic mass is 10.1. The highest BCUT2D eigenvalue weighted by Gasteiger charge is 2.10. The van der Waals surface area contributed by atoms with Gasteiger partial charge in [-0.2, -0.15) is 5.26 Å². The van der Waals surface area contributed by atoms with Crippen molar-refractivity contribution in [2.45, 2.75) is 0 Å². The summed E-state index contributed by atoms with van der Waals surface area (Å²) in [5.74, 6) is -0.231. The Hall–Kier alpha value is -2.35. The Morgan fingerprint density at radius 1 is 1.47 bits per heavy atom. The zero-order chi connectivity index (χ0) is 10.8. The molecule has 0 fully saturated rings. The number of halogens is 1. The maximum Gasteiger partial charge on any atom is 0.189 e. The molecule has 0 saturated heterocycles. The SMILES string of the molecule is N#Cc1cc(-c2oncc2N)ccc1F. The number of aromatic nitrogens is 1. The molecule has 0 aliphatic carbocycles. The summed E-state index contributed by atoms with van der Waals surface area (Å²) in [7, 11) is 0. The van der Waals surface area contributed by atoms with E-state index in [2.05, 4.69) is 5.16 Å². The summed E-state index contributed by atoms with van der Waals surface area (Å²) in [6, 6.07) is 5.78. The quantitative estimate of drug-likeness (QED) is 0.768. The number of anilines is 1. The van der Waals surface area contributed by atoms with Gasteiger partial charge in [0.2, 0.25) is 0 Å². The van der Waals surface area contributed by atoms with Crippen LogP contribution in [0.4, 0.5) is 10.1 Å². The number of hydrogen-bond acceptors (Lipinski definition) is 4. The number of rotatable bonds is 1. The lowest BCUT2D eigenvalue weighted by Gasteiger charge is -1.98. The Morgan fingerprint density at radius 3 is 2.87 bits per heavy atom. The van der Waals surface area contributed by atoms with E-state index in [1.165, 1.54) is 24.4 Å². The molecule has 2 aromatic rings. The highest BCUT2D eigenvalue weighted by Crippen LogP contribution is 2.26. The second-order valence-electron chi connectivity index (χ2n) is 2.92. The maximum absolute atomic E-state index is 13.0. The fraction of sp³-hybridized carbons (Fsp3) is 0. The van der Waals surface area contributed by atoms with E-state index in [9.17, 15) is 4.39 Å². The molecule has 0 aliphatic heterocycles. The number of nitrogen functional groups attached to an aromatic ring is 1. The molecule has 2 rings (SSSR count). The number of nitrogens with two attached hydrogens (primary N) is 1. The molecule has 0 atom stereocenters. The zero-order valence-electron chi connectivity index (χ0n) is 7.57. The number of nitriles is 1. The van der Waals surface area contributed by atoms with Crippen LogP contribution in [0.5, 0.6) is 0 Å². The molecule has 0 amide bonds. The van der Waals surface area contributed by atoms with Crippen molar-refractivity contribution >= 4 is 5.69 Å². The normalized spacial score (nSPS) is 9.87. The van der Waals surface area contributed by atoms with E-state index in [1.54, 1.807) is 6.07 Å². The van der Waals surface area contributed by atoms with Crippen LogP contribution in [0, 0.1) is 17.1 Å². The Labute approximate surface area is 84.7 Å². The van der Waals surface area contributed by atoms with E-state index in [0.29, 0.717) is 17.0 Å². The second kappa shape index (κ2) is 3.42. The molecular formula is C10H6FN3O. The van der Waals surface area contributed by atoms with Crippen LogP contribution < -0.4 is 5.73 Å². The number of benzene rings is 1. The molecule has 4 nitrogen and oxygen atoms in total. The molecule has 15 heavy (non-hydrogen) atoms. The lowest BCUT2D eigenvalue weighted by Crippen LogP contribution is -1.88. The summed E-state index contributed by atoms with van der Waals surface area (Å²) < 4.78 is 17.9. The van der Waals surface area contributed by atoms with Gasteiger partial charge in [-0.3, -0.25) is 0 Å². The van der Waals surface area contributed by atoms with Gasteiger partial charge in [-0.1, -0.05) is 5.16 Å². The number of nitrogens with zero attached hydrogens (tertiary/aromatic N) is 2. The molecule has 5 heteroatoms. The van der Waals surface area contributed by atoms with E-state index in [1.807, 2.05) is 0 Å². The molecule has 1 heterocycles. The van der Waals surface area contributed by atoms with E-state index >= 15 is 0 Å². The van der Waals surface area contributed by atoms with E-state index in [0.717, 1.165) is 0 Å². The van der Waals surface area contributed by atoms with Gasteiger partial charge in [0.15, 0.2) is 5.76 Å². The van der Waals surface area contributed by atoms with E-state index in [4.69, 9.17) is 15.5 Å². The van der Waals surface area contributed by atoms with Gasteiger partial charge in [0.05, 0.1) is 11.8 Å². The highest BCUT2D eigenvalue weighted by atomic mass is 19.1. The average molecular weight is 203 g/mol. The Morgan fingerprint density at radius 2 is 2.27 bits per heavy atom. The largest absolute Gasteiger partial charge is 0.394 e. The maximum atomic E-state index is 13.0. The molecule has 0 saturated carbocycles. The van der Waals surface area contributed by atoms with Gasteiger partial charge in [-0.05, 0) is 18.2 Å². The standard InChI is InChI=1S/C10H6FN3O/c11-8-2-1-6(3-7(8)4-12)10-9(13)5-14-15-10/h1-3,5H,13H2. The molecule has 0 spiro atoms. The molecule has 0 radical (unpaired) electrons. The van der Waals surface area contributed by atoms with Gasteiger partial charge in [-0.15, -0.1) is 0 Å². The van der Waals surface area contributed by atoms with Crippen molar-refractivity contribution in [3.05, 3.63) is 35.8 Å². The summed E-state index contributed by atoms with van der Waals surface area (Å²) in [6.45, 7) is 0. The highest BCUT2D eigenvalue weighted by molar-refractivity contribution is 5.70. The Bertz CT molecular complexity index is 542. The summed E-state index contributed by atoms with van der Waals surface area (Å²) >= 11 is 0. The predicted octanol–water partition coefficient (Wildman–Crippen LogP) is 1.93. The monoisotopic (exact) mass is 203 g/mol. The van der Waals surface area contributed by atoms with Gasteiger partial charge in [0, 0.05) is 5.56 Å². The van der Waals surface area contributed by atoms with Crippen molar-refractivity contribution in [2.24, 2.45) is 0 Å². The summed E-state index contributed by atoms with van der Waals surface area (Å²) in [5, 5.41) is 12.1. The van der Waals surface area contributed by atoms with Gasteiger partial charge >= 0.3 is 0 Å². The molecule has 0 unspecified atom stereocenters. The second-order valence-corrected chi connectivity index (χ2v) is 2.92. The van der Waals surface area contributed by atoms with Crippen LogP contribution in [-0.2, 0) is 0 Å². The van der Waals surface area contributed by atoms with Crippen LogP contribution in [0.3, 0.4) is 0 Å². The van der Waals surface area contributed by atoms with Gasteiger partial charge in [0.25, 0.3) is 0 Å². The minimum absolute atomic E-state index is 0.0525. The van der Waals surface area contributed by atoms with Crippen LogP contribution in [-0.4, -0.2) is 5.16 Å². The third kappa shape index (κ3) is 1.53. The first-order chi connectivity index (χ1) is 7.22. The molecule has 74 valence electrons. The van der Waals surface area contributed by atoms with Crippen LogP contribution in [0.2, 0.25) is 0 Å². The first-order valence-corrected chi connectivity index (χ1v) is 4.12. The van der Waals surface area contributed by atoms with Crippen LogP contribution >= 0.6 is 0 Å². The van der Waals surface area contributed by atoms with E-state index in [-0.39, 0.29) is 5.56 Å². The molecule has 0 aliphatic rings. The average Bonchev–Trinajstić information content (AvgIpc) is 2.65. The van der Waals surface area contributed by atoms with Crippen molar-refractivity contribution in [3.63, 3.8) is 0 Å². The third-order valence-corrected chi connectivity index (χ3v) is 1.95.